The zero-order valence-corrected chi connectivity index (χ0v) is 10.6. The number of benzene rings is 1. The summed E-state index contributed by atoms with van der Waals surface area (Å²) in [7, 11) is 0. The molecule has 0 radical (unpaired) electrons. The minimum absolute atomic E-state index is 0.0703. The number of nitrogen functional groups attached to an aromatic ring is 1. The molecule has 1 fully saturated rings. The van der Waals surface area contributed by atoms with Gasteiger partial charge in [0.05, 0.1) is 18.2 Å². The van der Waals surface area contributed by atoms with Gasteiger partial charge in [-0.2, -0.15) is 0 Å². The maximum absolute atomic E-state index is 11.2. The maximum atomic E-state index is 11.2. The Balaban J connectivity index is 2.35. The summed E-state index contributed by atoms with van der Waals surface area (Å²) in [5.74, 6) is -1.20. The van der Waals surface area contributed by atoms with Crippen molar-refractivity contribution in [3.63, 3.8) is 0 Å². The molecule has 18 heavy (non-hydrogen) atoms. The van der Waals surface area contributed by atoms with Crippen LogP contribution < -0.4 is 15.7 Å². The fraction of sp³-hybridized carbons (Fsp3) is 0.462. The van der Waals surface area contributed by atoms with Crippen LogP contribution in [-0.4, -0.2) is 31.3 Å². The summed E-state index contributed by atoms with van der Waals surface area (Å²) in [6.45, 7) is 5.26. The Morgan fingerprint density at radius 3 is 2.56 bits per heavy atom. The number of ether oxygens (including phenoxy) is 1. The number of morpholine rings is 1. The molecule has 0 spiro atoms. The van der Waals surface area contributed by atoms with Crippen molar-refractivity contribution < 1.29 is 14.6 Å². The zero-order chi connectivity index (χ0) is 13.3. The van der Waals surface area contributed by atoms with Gasteiger partial charge in [-0.1, -0.05) is 0 Å². The maximum Gasteiger partial charge on any atom is 0.0736 e. The molecule has 0 aliphatic carbocycles. The van der Waals surface area contributed by atoms with Gasteiger partial charge in [0.1, 0.15) is 0 Å². The van der Waals surface area contributed by atoms with Crippen LogP contribution in [0.25, 0.3) is 0 Å². The monoisotopic (exact) mass is 249 g/mol. The van der Waals surface area contributed by atoms with Crippen LogP contribution in [0.2, 0.25) is 0 Å². The molecular weight excluding hydrogens is 232 g/mol. The second-order valence-corrected chi connectivity index (χ2v) is 4.73. The summed E-state index contributed by atoms with van der Waals surface area (Å²) in [6, 6.07) is 4.87. The Bertz CT molecular complexity index is 452. The van der Waals surface area contributed by atoms with E-state index < -0.39 is 5.97 Å². The van der Waals surface area contributed by atoms with Crippen molar-refractivity contribution in [3.05, 3.63) is 23.8 Å². The van der Waals surface area contributed by atoms with E-state index in [9.17, 15) is 9.90 Å². The van der Waals surface area contributed by atoms with E-state index in [4.69, 9.17) is 10.5 Å². The van der Waals surface area contributed by atoms with Gasteiger partial charge in [0.2, 0.25) is 0 Å². The lowest BCUT2D eigenvalue weighted by atomic mass is 10.1. The molecule has 1 aliphatic rings. The van der Waals surface area contributed by atoms with Crippen molar-refractivity contribution in [1.29, 1.82) is 0 Å². The quantitative estimate of drug-likeness (QED) is 0.760. The lowest BCUT2D eigenvalue weighted by Gasteiger charge is -2.38. The minimum Gasteiger partial charge on any atom is -0.545 e. The number of carboxylic acid groups (broad SMARTS) is 1. The second-order valence-electron chi connectivity index (χ2n) is 4.73. The second kappa shape index (κ2) is 4.86. The fourth-order valence-corrected chi connectivity index (χ4v) is 2.37. The number of nitrogens with zero attached hydrogens (tertiary/aromatic N) is 1. The third-order valence-electron chi connectivity index (χ3n) is 3.00. The van der Waals surface area contributed by atoms with Gasteiger partial charge in [-0.05, 0) is 32.0 Å². The fourth-order valence-electron chi connectivity index (χ4n) is 2.37. The first-order chi connectivity index (χ1) is 8.47. The Hall–Kier alpha value is -1.75. The normalized spacial score (nSPS) is 24.0. The van der Waals surface area contributed by atoms with Crippen molar-refractivity contribution in [2.75, 3.05) is 23.7 Å². The summed E-state index contributed by atoms with van der Waals surface area (Å²) >= 11 is 0. The molecule has 0 bridgehead atoms. The van der Waals surface area contributed by atoms with Crippen LogP contribution in [0.1, 0.15) is 24.2 Å². The Morgan fingerprint density at radius 1 is 1.39 bits per heavy atom. The largest absolute Gasteiger partial charge is 0.545 e. The van der Waals surface area contributed by atoms with E-state index in [-0.39, 0.29) is 17.8 Å². The van der Waals surface area contributed by atoms with Crippen LogP contribution in [0, 0.1) is 0 Å². The molecule has 0 unspecified atom stereocenters. The number of carbonyl (C=O) groups is 1. The van der Waals surface area contributed by atoms with Crippen molar-refractivity contribution in [2.45, 2.75) is 26.1 Å². The number of anilines is 2. The molecule has 2 atom stereocenters. The van der Waals surface area contributed by atoms with E-state index >= 15 is 0 Å². The molecule has 1 aromatic rings. The molecular formula is C13H17N2O3-. The van der Waals surface area contributed by atoms with Crippen LogP contribution in [0.3, 0.4) is 0 Å². The number of carbonyl (C=O) groups excluding carboxylic acids is 1. The standard InChI is InChI=1S/C13H18N2O3/c1-8-6-15(7-9(2)18-8)12-4-3-10(14)5-11(12)13(16)17/h3-5,8-9H,6-7,14H2,1-2H3,(H,16,17)/p-1/t8-,9-/m0/s1. The third kappa shape index (κ3) is 2.56. The molecule has 1 saturated heterocycles. The molecule has 1 aliphatic heterocycles. The first-order valence-electron chi connectivity index (χ1n) is 5.98. The van der Waals surface area contributed by atoms with Crippen molar-refractivity contribution >= 4 is 17.3 Å². The van der Waals surface area contributed by atoms with E-state index in [0.29, 0.717) is 24.5 Å². The van der Waals surface area contributed by atoms with Gasteiger partial charge in [0.15, 0.2) is 0 Å². The predicted octanol–water partition coefficient (Wildman–Crippen LogP) is 0.246. The highest BCUT2D eigenvalue weighted by molar-refractivity contribution is 5.94. The average molecular weight is 249 g/mol. The molecule has 2 N–H and O–H groups in total. The lowest BCUT2D eigenvalue weighted by molar-refractivity contribution is -0.254. The van der Waals surface area contributed by atoms with Crippen molar-refractivity contribution in [3.8, 4) is 0 Å². The average Bonchev–Trinajstić information content (AvgIpc) is 2.27. The molecule has 1 heterocycles. The van der Waals surface area contributed by atoms with Crippen LogP contribution in [0.4, 0.5) is 11.4 Å². The lowest BCUT2D eigenvalue weighted by Crippen LogP contribution is -2.46. The van der Waals surface area contributed by atoms with Crippen LogP contribution in [0.5, 0.6) is 0 Å². The smallest absolute Gasteiger partial charge is 0.0736 e. The third-order valence-corrected chi connectivity index (χ3v) is 3.00. The highest BCUT2D eigenvalue weighted by atomic mass is 16.5. The van der Waals surface area contributed by atoms with Crippen molar-refractivity contribution in [2.24, 2.45) is 0 Å². The Morgan fingerprint density at radius 2 is 2.00 bits per heavy atom. The molecule has 0 amide bonds. The topological polar surface area (TPSA) is 78.6 Å². The SMILES string of the molecule is C[C@H]1CN(c2ccc(N)cc2C(=O)[O-])C[C@H](C)O1. The number of hydrogen-bond donors (Lipinski definition) is 1. The van der Waals surface area contributed by atoms with E-state index in [2.05, 4.69) is 0 Å². The highest BCUT2D eigenvalue weighted by Crippen LogP contribution is 2.26. The molecule has 1 aromatic carbocycles. The molecule has 5 heteroatoms. The minimum atomic E-state index is -1.20. The summed E-state index contributed by atoms with van der Waals surface area (Å²) in [5.41, 5.74) is 6.82. The summed E-state index contributed by atoms with van der Waals surface area (Å²) in [4.78, 5) is 13.2. The number of nitrogens with two attached hydrogens (primary N) is 1. The molecule has 0 aromatic heterocycles. The molecule has 0 saturated carbocycles. The Kier molecular flexibility index (Phi) is 3.43. The van der Waals surface area contributed by atoms with Gasteiger partial charge in [-0.25, -0.2) is 0 Å². The zero-order valence-electron chi connectivity index (χ0n) is 10.6. The van der Waals surface area contributed by atoms with Crippen molar-refractivity contribution in [1.82, 2.24) is 0 Å². The van der Waals surface area contributed by atoms with Crippen LogP contribution in [0.15, 0.2) is 18.2 Å². The first kappa shape index (κ1) is 12.7. The first-order valence-corrected chi connectivity index (χ1v) is 5.98. The van der Waals surface area contributed by atoms with Gasteiger partial charge in [0.25, 0.3) is 0 Å². The molecule has 98 valence electrons. The number of carboxylic acids is 1. The van der Waals surface area contributed by atoms with E-state index in [1.165, 1.54) is 6.07 Å². The van der Waals surface area contributed by atoms with Gasteiger partial charge in [0, 0.05) is 30.0 Å². The van der Waals surface area contributed by atoms with Crippen LogP contribution >= 0.6 is 0 Å². The number of hydrogen-bond acceptors (Lipinski definition) is 5. The predicted molar refractivity (Wildman–Crippen MR) is 67.4 cm³/mol. The van der Waals surface area contributed by atoms with Gasteiger partial charge in [-0.15, -0.1) is 0 Å². The van der Waals surface area contributed by atoms with Gasteiger partial charge >= 0.3 is 0 Å². The van der Waals surface area contributed by atoms with Gasteiger partial charge in [-0.3, -0.25) is 0 Å². The van der Waals surface area contributed by atoms with E-state index in [0.717, 1.165) is 0 Å². The summed E-state index contributed by atoms with van der Waals surface area (Å²) < 4.78 is 5.63. The Labute approximate surface area is 106 Å². The molecule has 2 rings (SSSR count). The van der Waals surface area contributed by atoms with Crippen LogP contribution in [-0.2, 0) is 4.74 Å². The highest BCUT2D eigenvalue weighted by Gasteiger charge is 2.24. The summed E-state index contributed by atoms with van der Waals surface area (Å²) in [5, 5.41) is 11.2. The van der Waals surface area contributed by atoms with E-state index in [1.807, 2.05) is 18.7 Å². The molecule has 5 nitrogen and oxygen atoms in total. The van der Waals surface area contributed by atoms with Gasteiger partial charge < -0.3 is 25.3 Å². The summed E-state index contributed by atoms with van der Waals surface area (Å²) in [6.07, 6.45) is 0.141. The van der Waals surface area contributed by atoms with E-state index in [1.54, 1.807) is 12.1 Å². The number of aromatic carboxylic acids is 1. The number of rotatable bonds is 2.